The Balaban J connectivity index is 2.13. The zero-order valence-electron chi connectivity index (χ0n) is 10.1. The van der Waals surface area contributed by atoms with Crippen molar-refractivity contribution in [1.82, 2.24) is 9.55 Å². The van der Waals surface area contributed by atoms with E-state index in [1.54, 1.807) is 10.6 Å². The monoisotopic (exact) mass is 352 g/mol. The van der Waals surface area contributed by atoms with Crippen molar-refractivity contribution in [2.75, 3.05) is 0 Å². The molecule has 0 radical (unpaired) electrons. The molecule has 2 aromatic heterocycles. The van der Waals surface area contributed by atoms with E-state index >= 15 is 0 Å². The molecule has 0 saturated carbocycles. The van der Waals surface area contributed by atoms with Crippen molar-refractivity contribution >= 4 is 44.3 Å². The Morgan fingerprint density at radius 1 is 1.40 bits per heavy atom. The number of fused-ring (bicyclic) bond motifs is 1. The van der Waals surface area contributed by atoms with Crippen LogP contribution in [0.1, 0.15) is 15.2 Å². The number of halogens is 1. The van der Waals surface area contributed by atoms with E-state index < -0.39 is 5.97 Å². The van der Waals surface area contributed by atoms with Gasteiger partial charge in [0.25, 0.3) is 0 Å². The zero-order valence-corrected chi connectivity index (χ0v) is 12.5. The molecule has 0 aliphatic carbocycles. The largest absolute Gasteiger partial charge is 0.478 e. The fourth-order valence-corrected chi connectivity index (χ4v) is 3.47. The van der Waals surface area contributed by atoms with Crippen LogP contribution in [0.2, 0.25) is 0 Å². The number of aromatic carboxylic acids is 1. The third-order valence-corrected chi connectivity index (χ3v) is 4.64. The van der Waals surface area contributed by atoms with Gasteiger partial charge in [0.15, 0.2) is 0 Å². The van der Waals surface area contributed by atoms with Crippen LogP contribution in [-0.2, 0) is 6.54 Å². The Hall–Kier alpha value is -1.86. The Labute approximate surface area is 125 Å². The van der Waals surface area contributed by atoms with Crippen molar-refractivity contribution in [3.05, 3.63) is 55.0 Å². The second-order valence-corrected chi connectivity index (χ2v) is 6.20. The number of nitrogens with zero attached hydrogens (tertiary/aromatic N) is 1. The fourth-order valence-electron chi connectivity index (χ4n) is 2.04. The third kappa shape index (κ3) is 2.30. The first kappa shape index (κ1) is 13.1. The molecule has 0 aliphatic heterocycles. The maximum Gasteiger partial charge on any atom is 0.335 e. The van der Waals surface area contributed by atoms with Gasteiger partial charge in [-0.15, -0.1) is 11.3 Å². The molecule has 0 spiro atoms. The van der Waals surface area contributed by atoms with Crippen molar-refractivity contribution < 1.29 is 9.90 Å². The molecule has 0 atom stereocenters. The molecular formula is C13H9BrN2O3S. The number of carbonyl (C=O) groups is 1. The minimum Gasteiger partial charge on any atom is -0.478 e. The van der Waals surface area contributed by atoms with Gasteiger partial charge in [-0.1, -0.05) is 0 Å². The van der Waals surface area contributed by atoms with Crippen LogP contribution in [0.25, 0.3) is 11.0 Å². The maximum absolute atomic E-state index is 12.0. The first-order valence-corrected chi connectivity index (χ1v) is 7.40. The first-order chi connectivity index (χ1) is 9.54. The molecule has 3 aromatic rings. The van der Waals surface area contributed by atoms with Gasteiger partial charge in [0.05, 0.1) is 23.1 Å². The Bertz CT molecular complexity index is 862. The molecule has 20 heavy (non-hydrogen) atoms. The molecule has 0 amide bonds. The van der Waals surface area contributed by atoms with Crippen LogP contribution >= 0.6 is 27.3 Å². The van der Waals surface area contributed by atoms with Crippen LogP contribution in [0.4, 0.5) is 0 Å². The van der Waals surface area contributed by atoms with E-state index in [0.717, 1.165) is 9.35 Å². The van der Waals surface area contributed by atoms with Crippen molar-refractivity contribution in [2.45, 2.75) is 6.54 Å². The van der Waals surface area contributed by atoms with Gasteiger partial charge in [0.2, 0.25) is 0 Å². The number of H-pyrrole nitrogens is 1. The second kappa shape index (κ2) is 4.92. The molecule has 2 N–H and O–H groups in total. The van der Waals surface area contributed by atoms with E-state index in [9.17, 15) is 9.59 Å². The molecule has 0 bridgehead atoms. The van der Waals surface area contributed by atoms with E-state index in [-0.39, 0.29) is 11.3 Å². The number of nitrogens with one attached hydrogen (secondary N) is 1. The summed E-state index contributed by atoms with van der Waals surface area (Å²) in [6.07, 6.45) is 0. The highest BCUT2D eigenvalue weighted by molar-refractivity contribution is 9.10. The SMILES string of the molecule is O=C(O)c1ccc2[nH]c(=O)n(Cc3cc(Br)cs3)c2c1. The number of rotatable bonds is 3. The van der Waals surface area contributed by atoms with Crippen molar-refractivity contribution in [1.29, 1.82) is 0 Å². The van der Waals surface area contributed by atoms with Gasteiger partial charge in [-0.3, -0.25) is 4.57 Å². The average molecular weight is 353 g/mol. The normalized spacial score (nSPS) is 11.1. The predicted octanol–water partition coefficient (Wildman–Crippen LogP) is 2.90. The van der Waals surface area contributed by atoms with E-state index in [0.29, 0.717) is 17.6 Å². The van der Waals surface area contributed by atoms with Crippen LogP contribution in [0.5, 0.6) is 0 Å². The zero-order chi connectivity index (χ0) is 14.3. The van der Waals surface area contributed by atoms with Crippen LogP contribution < -0.4 is 5.69 Å². The minimum absolute atomic E-state index is 0.164. The topological polar surface area (TPSA) is 75.1 Å². The Kier molecular flexibility index (Phi) is 3.23. The van der Waals surface area contributed by atoms with Crippen molar-refractivity contribution in [3.8, 4) is 0 Å². The van der Waals surface area contributed by atoms with Gasteiger partial charge in [-0.05, 0) is 40.2 Å². The summed E-state index contributed by atoms with van der Waals surface area (Å²) >= 11 is 4.91. The number of carboxylic acids is 1. The van der Waals surface area contributed by atoms with Gasteiger partial charge < -0.3 is 10.1 Å². The molecule has 0 aliphatic rings. The van der Waals surface area contributed by atoms with Crippen molar-refractivity contribution in [3.63, 3.8) is 0 Å². The summed E-state index contributed by atoms with van der Waals surface area (Å²) in [5.74, 6) is -1.01. The minimum atomic E-state index is -1.01. The maximum atomic E-state index is 12.0. The molecule has 0 fully saturated rings. The lowest BCUT2D eigenvalue weighted by molar-refractivity contribution is 0.0697. The molecule has 0 saturated heterocycles. The highest BCUT2D eigenvalue weighted by Crippen LogP contribution is 2.22. The number of aromatic nitrogens is 2. The lowest BCUT2D eigenvalue weighted by Crippen LogP contribution is -2.16. The smallest absolute Gasteiger partial charge is 0.335 e. The number of carboxylic acid groups (broad SMARTS) is 1. The van der Waals surface area contributed by atoms with Gasteiger partial charge >= 0.3 is 11.7 Å². The summed E-state index contributed by atoms with van der Waals surface area (Å²) in [5, 5.41) is 11.0. The number of aromatic amines is 1. The summed E-state index contributed by atoms with van der Waals surface area (Å²) in [7, 11) is 0. The van der Waals surface area contributed by atoms with Crippen molar-refractivity contribution in [2.24, 2.45) is 0 Å². The molecule has 5 nitrogen and oxygen atoms in total. The highest BCUT2D eigenvalue weighted by Gasteiger charge is 2.11. The molecule has 7 heteroatoms. The quantitative estimate of drug-likeness (QED) is 0.760. The van der Waals surface area contributed by atoms with Crippen LogP contribution in [0.3, 0.4) is 0 Å². The standard InChI is InChI=1S/C13H9BrN2O3S/c14-8-4-9(20-6-8)5-16-11-3-7(12(17)18)1-2-10(11)15-13(16)19/h1-4,6H,5H2,(H,15,19)(H,17,18). The molecule has 2 heterocycles. The van der Waals surface area contributed by atoms with Gasteiger partial charge in [0, 0.05) is 14.7 Å². The van der Waals surface area contributed by atoms with Gasteiger partial charge in [-0.25, -0.2) is 9.59 Å². The molecular weight excluding hydrogens is 344 g/mol. The van der Waals surface area contributed by atoms with E-state index in [2.05, 4.69) is 20.9 Å². The fraction of sp³-hybridized carbons (Fsp3) is 0.0769. The molecule has 1 aromatic carbocycles. The number of imidazole rings is 1. The summed E-state index contributed by atoms with van der Waals surface area (Å²) in [6, 6.07) is 6.54. The predicted molar refractivity (Wildman–Crippen MR) is 80.6 cm³/mol. The third-order valence-electron chi connectivity index (χ3n) is 2.96. The molecule has 3 rings (SSSR count). The Morgan fingerprint density at radius 2 is 2.20 bits per heavy atom. The van der Waals surface area contributed by atoms with E-state index in [4.69, 9.17) is 5.11 Å². The summed E-state index contributed by atoms with van der Waals surface area (Å²) < 4.78 is 2.51. The van der Waals surface area contributed by atoms with Gasteiger partial charge in [-0.2, -0.15) is 0 Å². The lowest BCUT2D eigenvalue weighted by Gasteiger charge is -2.02. The van der Waals surface area contributed by atoms with Gasteiger partial charge in [0.1, 0.15) is 0 Å². The molecule has 102 valence electrons. The average Bonchev–Trinajstić information content (AvgIpc) is 2.94. The number of benzene rings is 1. The van der Waals surface area contributed by atoms with E-state index in [1.165, 1.54) is 23.5 Å². The second-order valence-electron chi connectivity index (χ2n) is 4.28. The summed E-state index contributed by atoms with van der Waals surface area (Å²) in [4.78, 5) is 26.7. The van der Waals surface area contributed by atoms with Crippen LogP contribution in [0.15, 0.2) is 38.9 Å². The highest BCUT2D eigenvalue weighted by atomic mass is 79.9. The summed E-state index contributed by atoms with van der Waals surface area (Å²) in [5.41, 5.74) is 1.15. The molecule has 0 unspecified atom stereocenters. The lowest BCUT2D eigenvalue weighted by atomic mass is 10.2. The number of hydrogen-bond acceptors (Lipinski definition) is 3. The Morgan fingerprint density at radius 3 is 2.85 bits per heavy atom. The first-order valence-electron chi connectivity index (χ1n) is 5.73. The summed E-state index contributed by atoms with van der Waals surface area (Å²) in [6.45, 7) is 0.415. The van der Waals surface area contributed by atoms with Crippen LogP contribution in [0, 0.1) is 0 Å². The number of hydrogen-bond donors (Lipinski definition) is 2. The van der Waals surface area contributed by atoms with E-state index in [1.807, 2.05) is 11.4 Å². The number of thiophene rings is 1. The van der Waals surface area contributed by atoms with Crippen LogP contribution in [-0.4, -0.2) is 20.6 Å².